The second-order valence-corrected chi connectivity index (χ2v) is 6.16. The van der Waals surface area contributed by atoms with Gasteiger partial charge >= 0.3 is 5.97 Å². The number of carbonyl (C=O) groups is 2. The molecule has 1 aliphatic rings. The minimum atomic E-state index is -0.972. The summed E-state index contributed by atoms with van der Waals surface area (Å²) in [5, 5.41) is 9.77. The van der Waals surface area contributed by atoms with Gasteiger partial charge in [-0.3, -0.25) is 4.79 Å². The predicted octanol–water partition coefficient (Wildman–Crippen LogP) is 1.42. The van der Waals surface area contributed by atoms with Crippen molar-refractivity contribution >= 4 is 35.4 Å². The lowest BCUT2D eigenvalue weighted by atomic mass is 10.2. The molecule has 0 aromatic carbocycles. The molecule has 8 heteroatoms. The van der Waals surface area contributed by atoms with Crippen LogP contribution < -0.4 is 0 Å². The predicted molar refractivity (Wildman–Crippen MR) is 78.2 cm³/mol. The number of carboxylic acids is 1. The number of hydrogen-bond acceptors (Lipinski definition) is 6. The molecule has 0 radical (unpaired) electrons. The van der Waals surface area contributed by atoms with Crippen LogP contribution in [0.15, 0.2) is 5.03 Å². The number of carbonyl (C=O) groups excluding carboxylic acids is 1. The quantitative estimate of drug-likeness (QED) is 0.667. The van der Waals surface area contributed by atoms with Crippen LogP contribution in [0.2, 0.25) is 0 Å². The van der Waals surface area contributed by atoms with E-state index in [4.69, 9.17) is 0 Å². The molecule has 1 aromatic heterocycles. The summed E-state index contributed by atoms with van der Waals surface area (Å²) in [7, 11) is 0. The van der Waals surface area contributed by atoms with Crippen molar-refractivity contribution in [1.29, 1.82) is 0 Å². The molecule has 2 rings (SSSR count). The van der Waals surface area contributed by atoms with Gasteiger partial charge in [-0.25, -0.2) is 14.8 Å². The number of aliphatic carboxylic acids is 1. The number of thioether (sulfide) groups is 2. The van der Waals surface area contributed by atoms with Crippen molar-refractivity contribution in [3.63, 3.8) is 0 Å². The van der Waals surface area contributed by atoms with Crippen LogP contribution in [0.3, 0.4) is 0 Å². The molecule has 0 aliphatic carbocycles. The van der Waals surface area contributed by atoms with E-state index in [1.807, 2.05) is 6.26 Å². The Morgan fingerprint density at radius 1 is 1.40 bits per heavy atom. The van der Waals surface area contributed by atoms with Crippen LogP contribution in [0.5, 0.6) is 0 Å². The van der Waals surface area contributed by atoms with Gasteiger partial charge in [0, 0.05) is 5.75 Å². The van der Waals surface area contributed by atoms with E-state index in [2.05, 4.69) is 9.97 Å². The monoisotopic (exact) mass is 313 g/mol. The standard InChI is InChI=1S/C12H15N3O3S2/c1-6-9(10(19-3)14-7(2)13-6)11(16)15-5-20-4-8(15)12(17)18/h8H,4-5H2,1-3H3,(H,17,18)/t8-/m0/s1. The van der Waals surface area contributed by atoms with Crippen molar-refractivity contribution in [3.8, 4) is 0 Å². The molecule has 1 fully saturated rings. The summed E-state index contributed by atoms with van der Waals surface area (Å²) in [6.07, 6.45) is 1.84. The highest BCUT2D eigenvalue weighted by Crippen LogP contribution is 2.27. The van der Waals surface area contributed by atoms with E-state index in [1.54, 1.807) is 13.8 Å². The fourth-order valence-electron chi connectivity index (χ4n) is 2.07. The lowest BCUT2D eigenvalue weighted by Crippen LogP contribution is -2.42. The number of nitrogens with zero attached hydrogens (tertiary/aromatic N) is 3. The van der Waals surface area contributed by atoms with Gasteiger partial charge in [0.25, 0.3) is 5.91 Å². The zero-order chi connectivity index (χ0) is 14.9. The average molecular weight is 313 g/mol. The van der Waals surface area contributed by atoms with Gasteiger partial charge in [0.2, 0.25) is 0 Å². The maximum absolute atomic E-state index is 12.6. The summed E-state index contributed by atoms with van der Waals surface area (Å²) in [5.41, 5.74) is 1.00. The van der Waals surface area contributed by atoms with E-state index in [-0.39, 0.29) is 5.91 Å². The van der Waals surface area contributed by atoms with Crippen LogP contribution in [-0.2, 0) is 4.79 Å². The van der Waals surface area contributed by atoms with Crippen LogP contribution in [0, 0.1) is 13.8 Å². The highest BCUT2D eigenvalue weighted by molar-refractivity contribution is 7.99. The Labute approximate surface area is 125 Å². The molecular formula is C12H15N3O3S2. The van der Waals surface area contributed by atoms with Crippen LogP contribution in [0.25, 0.3) is 0 Å². The van der Waals surface area contributed by atoms with Gasteiger partial charge in [0.1, 0.15) is 16.9 Å². The van der Waals surface area contributed by atoms with Gasteiger partial charge in [-0.15, -0.1) is 23.5 Å². The van der Waals surface area contributed by atoms with E-state index in [1.165, 1.54) is 28.4 Å². The molecule has 0 saturated carbocycles. The number of aromatic nitrogens is 2. The fourth-order valence-corrected chi connectivity index (χ4v) is 3.87. The minimum absolute atomic E-state index is 0.302. The molecule has 1 N–H and O–H groups in total. The van der Waals surface area contributed by atoms with Gasteiger partial charge in [-0.2, -0.15) is 0 Å². The summed E-state index contributed by atoms with van der Waals surface area (Å²) in [6, 6.07) is -0.775. The van der Waals surface area contributed by atoms with Gasteiger partial charge < -0.3 is 10.0 Å². The summed E-state index contributed by atoms with van der Waals surface area (Å²) in [5.74, 6) is 0.135. The highest BCUT2D eigenvalue weighted by Gasteiger charge is 2.36. The first-order valence-electron chi connectivity index (χ1n) is 5.96. The van der Waals surface area contributed by atoms with Gasteiger partial charge in [0.15, 0.2) is 0 Å². The first-order valence-corrected chi connectivity index (χ1v) is 8.34. The summed E-state index contributed by atoms with van der Waals surface area (Å²) in [4.78, 5) is 33.7. The molecule has 1 saturated heterocycles. The molecule has 0 bridgehead atoms. The number of rotatable bonds is 3. The smallest absolute Gasteiger partial charge is 0.327 e. The van der Waals surface area contributed by atoms with Gasteiger partial charge in [-0.05, 0) is 20.1 Å². The average Bonchev–Trinajstić information content (AvgIpc) is 2.86. The van der Waals surface area contributed by atoms with Crippen LogP contribution in [-0.4, -0.2) is 55.8 Å². The molecule has 1 aromatic rings. The second kappa shape index (κ2) is 6.01. The van der Waals surface area contributed by atoms with E-state index >= 15 is 0 Å². The molecular weight excluding hydrogens is 298 g/mol. The Morgan fingerprint density at radius 3 is 2.70 bits per heavy atom. The molecule has 0 unspecified atom stereocenters. The third-order valence-electron chi connectivity index (χ3n) is 3.00. The highest BCUT2D eigenvalue weighted by atomic mass is 32.2. The van der Waals surface area contributed by atoms with Crippen molar-refractivity contribution < 1.29 is 14.7 Å². The Kier molecular flexibility index (Phi) is 4.54. The van der Waals surface area contributed by atoms with Crippen LogP contribution in [0.4, 0.5) is 0 Å². The largest absolute Gasteiger partial charge is 0.480 e. The van der Waals surface area contributed by atoms with E-state index < -0.39 is 12.0 Å². The molecule has 1 amide bonds. The van der Waals surface area contributed by atoms with E-state index in [0.29, 0.717) is 33.7 Å². The molecule has 1 atom stereocenters. The van der Waals surface area contributed by atoms with Crippen LogP contribution >= 0.6 is 23.5 Å². The third-order valence-corrected chi connectivity index (χ3v) is 4.70. The van der Waals surface area contributed by atoms with Crippen molar-refractivity contribution in [2.75, 3.05) is 17.9 Å². The Balaban J connectivity index is 2.41. The van der Waals surface area contributed by atoms with Crippen molar-refractivity contribution in [2.45, 2.75) is 24.9 Å². The minimum Gasteiger partial charge on any atom is -0.480 e. The zero-order valence-electron chi connectivity index (χ0n) is 11.4. The number of amides is 1. The van der Waals surface area contributed by atoms with Crippen LogP contribution in [0.1, 0.15) is 21.9 Å². The lowest BCUT2D eigenvalue weighted by Gasteiger charge is -2.22. The molecule has 108 valence electrons. The Bertz CT molecular complexity index is 565. The SMILES string of the molecule is CSc1nc(C)nc(C)c1C(=O)N1CSC[C@H]1C(=O)O. The lowest BCUT2D eigenvalue weighted by molar-refractivity contribution is -0.140. The van der Waals surface area contributed by atoms with E-state index in [0.717, 1.165) is 0 Å². The maximum Gasteiger partial charge on any atom is 0.327 e. The molecule has 0 spiro atoms. The summed E-state index contributed by atoms with van der Waals surface area (Å²) < 4.78 is 0. The van der Waals surface area contributed by atoms with E-state index in [9.17, 15) is 14.7 Å². The number of carboxylic acid groups (broad SMARTS) is 1. The first-order chi connectivity index (χ1) is 9.45. The van der Waals surface area contributed by atoms with Crippen molar-refractivity contribution in [3.05, 3.63) is 17.1 Å². The van der Waals surface area contributed by atoms with Crippen molar-refractivity contribution in [1.82, 2.24) is 14.9 Å². The molecule has 1 aliphatic heterocycles. The summed E-state index contributed by atoms with van der Waals surface area (Å²) >= 11 is 2.81. The topological polar surface area (TPSA) is 83.4 Å². The second-order valence-electron chi connectivity index (χ2n) is 4.37. The molecule has 20 heavy (non-hydrogen) atoms. The Morgan fingerprint density at radius 2 is 2.10 bits per heavy atom. The third kappa shape index (κ3) is 2.76. The normalized spacial score (nSPS) is 18.4. The fraction of sp³-hybridized carbons (Fsp3) is 0.500. The zero-order valence-corrected chi connectivity index (χ0v) is 13.0. The number of aryl methyl sites for hydroxylation is 2. The van der Waals surface area contributed by atoms with Gasteiger partial charge in [-0.1, -0.05) is 0 Å². The number of hydrogen-bond donors (Lipinski definition) is 1. The molecule has 2 heterocycles. The van der Waals surface area contributed by atoms with Crippen molar-refractivity contribution in [2.24, 2.45) is 0 Å². The first kappa shape index (κ1) is 15.1. The Hall–Kier alpha value is -1.28. The molecule has 6 nitrogen and oxygen atoms in total. The maximum atomic E-state index is 12.6. The van der Waals surface area contributed by atoms with Gasteiger partial charge in [0.05, 0.1) is 17.1 Å². The summed E-state index contributed by atoms with van der Waals surface area (Å²) in [6.45, 7) is 3.52.